The van der Waals surface area contributed by atoms with Crippen molar-refractivity contribution < 1.29 is 39.4 Å². The summed E-state index contributed by atoms with van der Waals surface area (Å²) < 4.78 is 26.6. The number of nitrogens with zero attached hydrogens (tertiary/aromatic N) is 8. The molecule has 1 aliphatic rings. The summed E-state index contributed by atoms with van der Waals surface area (Å²) in [6, 6.07) is 19.1. The number of aliphatic hydroxyl groups is 4. The minimum absolute atomic E-state index is 0.0139. The van der Waals surface area contributed by atoms with Crippen LogP contribution in [0.2, 0.25) is 0 Å². The maximum absolute atomic E-state index is 10.8. The van der Waals surface area contributed by atoms with Gasteiger partial charge in [-0.3, -0.25) is 14.5 Å². The van der Waals surface area contributed by atoms with Gasteiger partial charge in [0.05, 0.1) is 32.5 Å². The summed E-state index contributed by atoms with van der Waals surface area (Å²) in [6.07, 6.45) is -1.90. The zero-order valence-corrected chi connectivity index (χ0v) is 26.0. The molecule has 4 aromatic heterocycles. The van der Waals surface area contributed by atoms with Gasteiger partial charge in [-0.2, -0.15) is 19.9 Å². The van der Waals surface area contributed by atoms with Crippen LogP contribution in [0.5, 0.6) is 11.8 Å². The Bertz CT molecular complexity index is 2010. The number of rotatable bonds is 14. The first-order valence-electron chi connectivity index (χ1n) is 15.4. The van der Waals surface area contributed by atoms with Crippen LogP contribution in [0.25, 0.3) is 22.3 Å². The van der Waals surface area contributed by atoms with Crippen molar-refractivity contribution in [2.45, 2.75) is 44.5 Å². The minimum atomic E-state index is -1.38. The molecule has 0 amide bonds. The highest BCUT2D eigenvalue weighted by Crippen LogP contribution is 2.34. The van der Waals surface area contributed by atoms with Gasteiger partial charge in [-0.05, 0) is 11.1 Å². The lowest BCUT2D eigenvalue weighted by molar-refractivity contribution is -0.0511. The van der Waals surface area contributed by atoms with E-state index < -0.39 is 31.1 Å². The lowest BCUT2D eigenvalue weighted by Gasteiger charge is -2.17. The van der Waals surface area contributed by atoms with Gasteiger partial charge in [0.15, 0.2) is 28.6 Å². The summed E-state index contributed by atoms with van der Waals surface area (Å²) in [7, 11) is 0. The molecule has 0 saturated carbocycles. The number of hydrogen-bond acceptors (Lipinski definition) is 15. The third kappa shape index (κ3) is 6.84. The standard InChI is InChI=1S/C32H33N9O8/c42-11-12-46-18-40-16-33-22-26(40)35-31(37-28(22)47-14-19-7-3-1-4-8-19)39-32-36-27-23(29(38-32)48-15-20-9-5-2-6-10-20)34-17-41(27)30-25(45)24(44)21(13-43)49-30/h1-10,16-17,21,24-25,30,42-45H,11-15,18H2,(H,35,36,37,38,39)/t21-,24-,25-,30-/m1/s1. The average Bonchev–Trinajstić information content (AvgIpc) is 3.82. The van der Waals surface area contributed by atoms with E-state index in [4.69, 9.17) is 18.9 Å². The second kappa shape index (κ2) is 14.4. The molecular weight excluding hydrogens is 638 g/mol. The van der Waals surface area contributed by atoms with Gasteiger partial charge in [-0.1, -0.05) is 60.7 Å². The third-order valence-electron chi connectivity index (χ3n) is 7.74. The van der Waals surface area contributed by atoms with Crippen LogP contribution in [-0.2, 0) is 29.4 Å². The number of fused-ring (bicyclic) bond motifs is 2. The Labute approximate surface area is 278 Å². The van der Waals surface area contributed by atoms with E-state index in [2.05, 4.69) is 35.2 Å². The van der Waals surface area contributed by atoms with E-state index in [1.165, 1.54) is 17.2 Å². The van der Waals surface area contributed by atoms with Crippen molar-refractivity contribution in [3.63, 3.8) is 0 Å². The van der Waals surface area contributed by atoms with Crippen LogP contribution in [0.4, 0.5) is 11.9 Å². The highest BCUT2D eigenvalue weighted by Gasteiger charge is 2.44. The lowest BCUT2D eigenvalue weighted by atomic mass is 10.1. The molecule has 0 unspecified atom stereocenters. The van der Waals surface area contributed by atoms with Crippen LogP contribution >= 0.6 is 0 Å². The molecule has 7 rings (SSSR count). The number of hydrogen-bond donors (Lipinski definition) is 5. The molecule has 0 bridgehead atoms. The van der Waals surface area contributed by atoms with Crippen LogP contribution in [0.15, 0.2) is 73.3 Å². The normalized spacial score (nSPS) is 19.1. The molecule has 5 heterocycles. The van der Waals surface area contributed by atoms with Crippen molar-refractivity contribution in [3.05, 3.63) is 84.4 Å². The molecule has 1 aliphatic heterocycles. The first-order chi connectivity index (χ1) is 24.0. The van der Waals surface area contributed by atoms with E-state index >= 15 is 0 Å². The zero-order chi connectivity index (χ0) is 33.7. The summed E-state index contributed by atoms with van der Waals surface area (Å²) in [5.74, 6) is 0.383. The van der Waals surface area contributed by atoms with Gasteiger partial charge >= 0.3 is 0 Å². The predicted octanol–water partition coefficient (Wildman–Crippen LogP) is 1.45. The van der Waals surface area contributed by atoms with E-state index in [-0.39, 0.29) is 68.0 Å². The van der Waals surface area contributed by atoms with E-state index in [9.17, 15) is 20.4 Å². The van der Waals surface area contributed by atoms with Crippen LogP contribution in [0.1, 0.15) is 17.4 Å². The van der Waals surface area contributed by atoms with Gasteiger partial charge in [0.1, 0.15) is 38.3 Å². The van der Waals surface area contributed by atoms with Crippen molar-refractivity contribution in [2.75, 3.05) is 25.1 Å². The van der Waals surface area contributed by atoms with Crippen LogP contribution in [-0.4, -0.2) is 97.6 Å². The van der Waals surface area contributed by atoms with Gasteiger partial charge in [0, 0.05) is 0 Å². The number of aromatic nitrogens is 8. The Balaban J connectivity index is 1.27. The van der Waals surface area contributed by atoms with E-state index in [1.807, 2.05) is 60.7 Å². The van der Waals surface area contributed by atoms with E-state index in [1.54, 1.807) is 4.57 Å². The second-order valence-electron chi connectivity index (χ2n) is 11.1. The first kappa shape index (κ1) is 32.3. The zero-order valence-electron chi connectivity index (χ0n) is 26.0. The number of nitrogens with one attached hydrogen (secondary N) is 1. The number of anilines is 2. The number of benzene rings is 2. The molecule has 17 heteroatoms. The van der Waals surface area contributed by atoms with Crippen LogP contribution in [0.3, 0.4) is 0 Å². The summed E-state index contributed by atoms with van der Waals surface area (Å²) >= 11 is 0. The Kier molecular flexibility index (Phi) is 9.51. The molecule has 5 N–H and O–H groups in total. The van der Waals surface area contributed by atoms with Gasteiger partial charge in [-0.15, -0.1) is 0 Å². The molecule has 1 fully saturated rings. The number of imidazole rings is 2. The van der Waals surface area contributed by atoms with Crippen molar-refractivity contribution in [1.29, 1.82) is 0 Å². The second-order valence-corrected chi connectivity index (χ2v) is 11.1. The maximum Gasteiger partial charge on any atom is 0.247 e. The summed E-state index contributed by atoms with van der Waals surface area (Å²) in [6.45, 7) is -0.0762. The predicted molar refractivity (Wildman–Crippen MR) is 172 cm³/mol. The smallest absolute Gasteiger partial charge is 0.247 e. The quantitative estimate of drug-likeness (QED) is 0.104. The van der Waals surface area contributed by atoms with Gasteiger partial charge < -0.3 is 39.4 Å². The Morgan fingerprint density at radius 3 is 1.92 bits per heavy atom. The monoisotopic (exact) mass is 671 g/mol. The Hall–Kier alpha value is -5.30. The molecule has 0 spiro atoms. The molecule has 49 heavy (non-hydrogen) atoms. The minimum Gasteiger partial charge on any atom is -0.471 e. The maximum atomic E-state index is 10.8. The number of aliphatic hydroxyl groups excluding tert-OH is 4. The molecule has 17 nitrogen and oxygen atoms in total. The highest BCUT2D eigenvalue weighted by atomic mass is 16.6. The first-order valence-corrected chi connectivity index (χ1v) is 15.4. The van der Waals surface area contributed by atoms with Crippen LogP contribution in [0, 0.1) is 0 Å². The summed E-state index contributed by atoms with van der Waals surface area (Å²) in [4.78, 5) is 27.3. The number of ether oxygens (including phenoxy) is 4. The molecule has 0 aliphatic carbocycles. The van der Waals surface area contributed by atoms with Crippen molar-refractivity contribution in [1.82, 2.24) is 39.0 Å². The third-order valence-corrected chi connectivity index (χ3v) is 7.74. The molecule has 1 saturated heterocycles. The van der Waals surface area contributed by atoms with Crippen molar-refractivity contribution in [2.24, 2.45) is 0 Å². The average molecular weight is 672 g/mol. The van der Waals surface area contributed by atoms with E-state index in [0.717, 1.165) is 11.1 Å². The van der Waals surface area contributed by atoms with Gasteiger partial charge in [0.2, 0.25) is 23.7 Å². The Morgan fingerprint density at radius 1 is 0.735 bits per heavy atom. The summed E-state index contributed by atoms with van der Waals surface area (Å²) in [5.41, 5.74) is 3.05. The largest absolute Gasteiger partial charge is 0.471 e. The van der Waals surface area contributed by atoms with Crippen molar-refractivity contribution in [3.8, 4) is 11.8 Å². The SMILES string of the molecule is OCCOCn1cnc2c(OCc3ccccc3)nc(Nc3nc(OCc4ccccc4)c4ncn([C@@H]5O[C@H](CO)[C@@H](O)[C@H]5O)c4n3)nc21. The van der Waals surface area contributed by atoms with Crippen molar-refractivity contribution >= 4 is 34.2 Å². The summed E-state index contributed by atoms with van der Waals surface area (Å²) in [5, 5.41) is 43.1. The molecular formula is C32H33N9O8. The van der Waals surface area contributed by atoms with Gasteiger partial charge in [-0.25, -0.2) is 9.97 Å². The van der Waals surface area contributed by atoms with E-state index in [0.29, 0.717) is 11.2 Å². The highest BCUT2D eigenvalue weighted by molar-refractivity contribution is 5.80. The lowest BCUT2D eigenvalue weighted by Crippen LogP contribution is -2.33. The topological polar surface area (TPSA) is 217 Å². The van der Waals surface area contributed by atoms with Crippen LogP contribution < -0.4 is 14.8 Å². The molecule has 254 valence electrons. The van der Waals surface area contributed by atoms with Gasteiger partial charge in [0.25, 0.3) is 0 Å². The molecule has 6 aromatic rings. The fourth-order valence-electron chi connectivity index (χ4n) is 5.29. The Morgan fingerprint density at radius 2 is 1.33 bits per heavy atom. The molecule has 2 aromatic carbocycles. The fraction of sp³-hybridized carbons (Fsp3) is 0.312. The molecule has 4 atom stereocenters. The fourth-order valence-corrected chi connectivity index (χ4v) is 5.29. The molecule has 0 radical (unpaired) electrons.